The van der Waals surface area contributed by atoms with Crippen molar-refractivity contribution >= 4 is 30.1 Å². The van der Waals surface area contributed by atoms with Crippen molar-refractivity contribution in [2.24, 2.45) is 5.73 Å². The maximum Gasteiger partial charge on any atom is 0.271 e. The molecule has 0 bridgehead atoms. The largest absolute Gasteiger partial charge is 0.482 e. The molecule has 1 aromatic carbocycles. The van der Waals surface area contributed by atoms with Gasteiger partial charge in [-0.05, 0) is 23.4 Å². The summed E-state index contributed by atoms with van der Waals surface area (Å²) in [6.07, 6.45) is 0.209. The number of carbonyl (C=O) groups is 2. The molecule has 0 aliphatic carbocycles. The minimum Gasteiger partial charge on any atom is -0.482 e. The van der Waals surface area contributed by atoms with Gasteiger partial charge in [-0.15, -0.1) is 0 Å². The van der Waals surface area contributed by atoms with Crippen LogP contribution in [-0.4, -0.2) is 24.2 Å². The van der Waals surface area contributed by atoms with E-state index in [1.807, 2.05) is 6.07 Å². The van der Waals surface area contributed by atoms with E-state index >= 15 is 0 Å². The van der Waals surface area contributed by atoms with Crippen LogP contribution in [0.1, 0.15) is 12.0 Å². The topological polar surface area (TPSA) is 72.6 Å². The van der Waals surface area contributed by atoms with Crippen molar-refractivity contribution in [3.63, 3.8) is 0 Å². The normalized spacial score (nSPS) is 14.1. The number of nitrogens with zero attached hydrogens (tertiary/aromatic N) is 1. The van der Waals surface area contributed by atoms with Crippen LogP contribution in [0, 0.1) is 0 Å². The SMILES string of the molecule is NCc1ccc2c(c1)N(C(=O)CCS)C(=O)CO2. The number of amides is 2. The van der Waals surface area contributed by atoms with Crippen molar-refractivity contribution in [1.82, 2.24) is 0 Å². The molecule has 6 heteroatoms. The zero-order chi connectivity index (χ0) is 13.1. The van der Waals surface area contributed by atoms with Crippen LogP contribution in [0.2, 0.25) is 0 Å². The summed E-state index contributed by atoms with van der Waals surface area (Å²) >= 11 is 4.01. The van der Waals surface area contributed by atoms with E-state index in [-0.39, 0.29) is 24.8 Å². The number of thiol groups is 1. The highest BCUT2D eigenvalue weighted by atomic mass is 32.1. The van der Waals surface area contributed by atoms with Gasteiger partial charge >= 0.3 is 0 Å². The molecule has 1 heterocycles. The molecule has 0 saturated carbocycles. The molecule has 1 aliphatic heterocycles. The van der Waals surface area contributed by atoms with Crippen molar-refractivity contribution in [2.45, 2.75) is 13.0 Å². The van der Waals surface area contributed by atoms with Gasteiger partial charge in [-0.2, -0.15) is 12.6 Å². The van der Waals surface area contributed by atoms with Crippen molar-refractivity contribution < 1.29 is 14.3 Å². The van der Waals surface area contributed by atoms with Gasteiger partial charge in [0.15, 0.2) is 6.61 Å². The van der Waals surface area contributed by atoms with E-state index in [2.05, 4.69) is 12.6 Å². The Hall–Kier alpha value is -1.53. The van der Waals surface area contributed by atoms with Gasteiger partial charge in [0.2, 0.25) is 5.91 Å². The van der Waals surface area contributed by atoms with Crippen molar-refractivity contribution in [1.29, 1.82) is 0 Å². The molecule has 0 spiro atoms. The lowest BCUT2D eigenvalue weighted by atomic mass is 10.1. The second-order valence-electron chi connectivity index (χ2n) is 3.89. The number of imide groups is 1. The van der Waals surface area contributed by atoms with Crippen molar-refractivity contribution in [2.75, 3.05) is 17.3 Å². The van der Waals surface area contributed by atoms with E-state index < -0.39 is 0 Å². The fraction of sp³-hybridized carbons (Fsp3) is 0.333. The minimum absolute atomic E-state index is 0.118. The first-order valence-electron chi connectivity index (χ1n) is 5.60. The zero-order valence-electron chi connectivity index (χ0n) is 9.76. The molecule has 0 saturated heterocycles. The Morgan fingerprint density at radius 1 is 1.50 bits per heavy atom. The zero-order valence-corrected chi connectivity index (χ0v) is 10.7. The number of nitrogens with two attached hydrogens (primary N) is 1. The monoisotopic (exact) mass is 266 g/mol. The van der Waals surface area contributed by atoms with E-state index in [9.17, 15) is 9.59 Å². The van der Waals surface area contributed by atoms with E-state index in [0.717, 1.165) is 10.5 Å². The molecule has 0 unspecified atom stereocenters. The molecule has 2 N–H and O–H groups in total. The number of hydrogen-bond acceptors (Lipinski definition) is 5. The molecule has 1 aliphatic rings. The average Bonchev–Trinajstić information content (AvgIpc) is 2.38. The molecule has 0 radical (unpaired) electrons. The number of benzene rings is 1. The van der Waals surface area contributed by atoms with E-state index in [0.29, 0.717) is 23.7 Å². The summed E-state index contributed by atoms with van der Waals surface area (Å²) in [5, 5.41) is 0. The first kappa shape index (κ1) is 12.9. The number of anilines is 1. The van der Waals surface area contributed by atoms with Gasteiger partial charge in [0, 0.05) is 13.0 Å². The van der Waals surface area contributed by atoms with Crippen LogP contribution in [0.25, 0.3) is 0 Å². The van der Waals surface area contributed by atoms with Crippen LogP contribution < -0.4 is 15.4 Å². The lowest BCUT2D eigenvalue weighted by Gasteiger charge is -2.28. The van der Waals surface area contributed by atoms with Crippen molar-refractivity contribution in [3.05, 3.63) is 23.8 Å². The summed E-state index contributed by atoms with van der Waals surface area (Å²) in [6, 6.07) is 5.25. The second-order valence-corrected chi connectivity index (χ2v) is 4.34. The van der Waals surface area contributed by atoms with Crippen LogP contribution in [0.15, 0.2) is 18.2 Å². The van der Waals surface area contributed by atoms with Crippen LogP contribution in [0.5, 0.6) is 5.75 Å². The van der Waals surface area contributed by atoms with Crippen LogP contribution >= 0.6 is 12.6 Å². The number of fused-ring (bicyclic) bond motifs is 1. The Balaban J connectivity index is 2.42. The van der Waals surface area contributed by atoms with Gasteiger partial charge in [-0.1, -0.05) is 6.07 Å². The van der Waals surface area contributed by atoms with Crippen molar-refractivity contribution in [3.8, 4) is 5.75 Å². The Labute approximate surface area is 110 Å². The van der Waals surface area contributed by atoms with Gasteiger partial charge < -0.3 is 10.5 Å². The average molecular weight is 266 g/mol. The predicted molar refractivity (Wildman–Crippen MR) is 70.8 cm³/mol. The highest BCUT2D eigenvalue weighted by Gasteiger charge is 2.30. The number of hydrogen-bond donors (Lipinski definition) is 2. The molecule has 0 atom stereocenters. The summed E-state index contributed by atoms with van der Waals surface area (Å²) < 4.78 is 5.29. The first-order valence-corrected chi connectivity index (χ1v) is 6.23. The fourth-order valence-corrected chi connectivity index (χ4v) is 2.00. The molecule has 0 aromatic heterocycles. The molecule has 2 amide bonds. The van der Waals surface area contributed by atoms with Gasteiger partial charge in [-0.3, -0.25) is 9.59 Å². The molecular weight excluding hydrogens is 252 g/mol. The van der Waals surface area contributed by atoms with E-state index in [4.69, 9.17) is 10.5 Å². The number of ether oxygens (including phenoxy) is 1. The molecule has 2 rings (SSSR count). The first-order chi connectivity index (χ1) is 8.67. The molecule has 0 fully saturated rings. The molecule has 5 nitrogen and oxygen atoms in total. The highest BCUT2D eigenvalue weighted by Crippen LogP contribution is 2.33. The third-order valence-corrected chi connectivity index (χ3v) is 2.90. The number of carbonyl (C=O) groups excluding carboxylic acids is 2. The molecule has 1 aromatic rings. The summed E-state index contributed by atoms with van der Waals surface area (Å²) in [6.45, 7) is 0.226. The molecule has 18 heavy (non-hydrogen) atoms. The molecular formula is C12H14N2O3S. The van der Waals surface area contributed by atoms with Gasteiger partial charge in [0.1, 0.15) is 5.75 Å². The minimum atomic E-state index is -0.358. The van der Waals surface area contributed by atoms with Crippen LogP contribution in [0.3, 0.4) is 0 Å². The quantitative estimate of drug-likeness (QED) is 0.791. The summed E-state index contributed by atoms with van der Waals surface area (Å²) in [4.78, 5) is 24.9. The molecule has 96 valence electrons. The predicted octanol–water partition coefficient (Wildman–Crippen LogP) is 0.717. The van der Waals surface area contributed by atoms with Gasteiger partial charge in [0.05, 0.1) is 5.69 Å². The standard InChI is InChI=1S/C12H14N2O3S/c13-6-8-1-2-10-9(5-8)14(11(15)3-4-18)12(16)7-17-10/h1-2,5,18H,3-4,6-7,13H2. The third-order valence-electron chi connectivity index (χ3n) is 2.68. The Morgan fingerprint density at radius 3 is 2.94 bits per heavy atom. The summed E-state index contributed by atoms with van der Waals surface area (Å²) in [7, 11) is 0. The lowest BCUT2D eigenvalue weighted by Crippen LogP contribution is -2.43. The third kappa shape index (κ3) is 2.34. The maximum absolute atomic E-state index is 11.9. The maximum atomic E-state index is 11.9. The lowest BCUT2D eigenvalue weighted by molar-refractivity contribution is -0.128. The van der Waals surface area contributed by atoms with Gasteiger partial charge in [-0.25, -0.2) is 4.90 Å². The summed E-state index contributed by atoms with van der Waals surface area (Å²) in [5.41, 5.74) is 6.87. The van der Waals surface area contributed by atoms with E-state index in [1.165, 1.54) is 0 Å². The Kier molecular flexibility index (Phi) is 3.88. The highest BCUT2D eigenvalue weighted by molar-refractivity contribution is 7.80. The van der Waals surface area contributed by atoms with Crippen LogP contribution in [0.4, 0.5) is 5.69 Å². The van der Waals surface area contributed by atoms with Crippen LogP contribution in [-0.2, 0) is 16.1 Å². The summed E-state index contributed by atoms with van der Waals surface area (Å²) in [5.74, 6) is 0.298. The Bertz CT molecular complexity index is 490. The second kappa shape index (κ2) is 5.41. The Morgan fingerprint density at radius 2 is 2.28 bits per heavy atom. The smallest absolute Gasteiger partial charge is 0.271 e. The number of rotatable bonds is 3. The fourth-order valence-electron chi connectivity index (χ4n) is 1.81. The van der Waals surface area contributed by atoms with Gasteiger partial charge in [0.25, 0.3) is 5.91 Å². The van der Waals surface area contributed by atoms with E-state index in [1.54, 1.807) is 12.1 Å².